The second kappa shape index (κ2) is 8.13. The topological polar surface area (TPSA) is 95.5 Å². The van der Waals surface area contributed by atoms with Gasteiger partial charge in [0.2, 0.25) is 0 Å². The minimum absolute atomic E-state index is 0.0927. The zero-order valence-corrected chi connectivity index (χ0v) is 16.4. The molecule has 32 heavy (non-hydrogen) atoms. The van der Waals surface area contributed by atoms with Gasteiger partial charge in [-0.05, 0) is 49.1 Å². The number of nitrogens with zero attached hydrogens (tertiary/aromatic N) is 2. The quantitative estimate of drug-likeness (QED) is 0.576. The van der Waals surface area contributed by atoms with Crippen molar-refractivity contribution >= 4 is 22.9 Å². The monoisotopic (exact) mass is 451 g/mol. The number of carbonyl (C=O) groups excluding carboxylic acids is 1. The van der Waals surface area contributed by atoms with Gasteiger partial charge < -0.3 is 19.7 Å². The number of carbonyl (C=O) groups is 2. The van der Waals surface area contributed by atoms with Crippen LogP contribution in [0.1, 0.15) is 45.2 Å². The molecular weight excluding hydrogens is 434 g/mol. The van der Waals surface area contributed by atoms with Gasteiger partial charge in [-0.3, -0.25) is 4.79 Å². The summed E-state index contributed by atoms with van der Waals surface area (Å²) in [5.41, 5.74) is 0.759. The molecule has 0 saturated carbocycles. The number of amides is 1. The number of rotatable bonds is 4. The first-order chi connectivity index (χ1) is 15.1. The number of hydrogen-bond acceptors (Lipinski definition) is 4. The third-order valence-corrected chi connectivity index (χ3v) is 5.41. The van der Waals surface area contributed by atoms with Gasteiger partial charge in [0.25, 0.3) is 5.91 Å². The first kappa shape index (κ1) is 21.6. The molecule has 1 fully saturated rings. The van der Waals surface area contributed by atoms with Crippen LogP contribution < -0.4 is 4.74 Å². The summed E-state index contributed by atoms with van der Waals surface area (Å²) in [5, 5.41) is 9.57. The first-order valence-electron chi connectivity index (χ1n) is 9.68. The van der Waals surface area contributed by atoms with Crippen molar-refractivity contribution in [3.8, 4) is 5.75 Å². The standard InChI is InChI=1S/C21H17F4N3O4/c22-15-10-26-18-14(9-16(27-18)20(30)31)17(15)11-5-7-28(8-6-11)19(29)12-1-3-13(4-2-12)32-21(23,24)25/h1-4,9-11H,5-8H2,(H,26,27)(H,30,31). The second-order valence-corrected chi connectivity index (χ2v) is 7.41. The van der Waals surface area contributed by atoms with Crippen molar-refractivity contribution in [2.75, 3.05) is 13.1 Å². The molecule has 1 aromatic carbocycles. The highest BCUT2D eigenvalue weighted by Gasteiger charge is 2.32. The van der Waals surface area contributed by atoms with Crippen molar-refractivity contribution in [1.82, 2.24) is 14.9 Å². The number of pyridine rings is 1. The van der Waals surface area contributed by atoms with E-state index in [1.165, 1.54) is 18.2 Å². The van der Waals surface area contributed by atoms with Crippen LogP contribution in [0.5, 0.6) is 5.75 Å². The number of ether oxygens (including phenoxy) is 1. The Labute approximate surface area is 178 Å². The lowest BCUT2D eigenvalue weighted by molar-refractivity contribution is -0.274. The highest BCUT2D eigenvalue weighted by molar-refractivity contribution is 5.95. The van der Waals surface area contributed by atoms with Crippen LogP contribution in [-0.2, 0) is 0 Å². The first-order valence-corrected chi connectivity index (χ1v) is 9.68. The van der Waals surface area contributed by atoms with Gasteiger partial charge >= 0.3 is 12.3 Å². The number of alkyl halides is 3. The second-order valence-electron chi connectivity index (χ2n) is 7.41. The Bertz CT molecular complexity index is 1170. The SMILES string of the molecule is O=C(O)c1cc2c(C3CCN(C(=O)c4ccc(OC(F)(F)F)cc4)CC3)c(F)cnc2[nH]1. The van der Waals surface area contributed by atoms with Gasteiger partial charge in [0.1, 0.15) is 22.9 Å². The Balaban J connectivity index is 1.47. The van der Waals surface area contributed by atoms with Gasteiger partial charge in [-0.15, -0.1) is 13.2 Å². The molecule has 7 nitrogen and oxygen atoms in total. The summed E-state index contributed by atoms with van der Waals surface area (Å²) in [7, 11) is 0. The zero-order chi connectivity index (χ0) is 23.0. The van der Waals surface area contributed by atoms with Crippen molar-refractivity contribution in [2.45, 2.75) is 25.1 Å². The van der Waals surface area contributed by atoms with Gasteiger partial charge in [-0.2, -0.15) is 0 Å². The Hall–Kier alpha value is -3.63. The van der Waals surface area contributed by atoms with Crippen LogP contribution in [0.4, 0.5) is 17.6 Å². The van der Waals surface area contributed by atoms with E-state index >= 15 is 0 Å². The minimum atomic E-state index is -4.81. The van der Waals surface area contributed by atoms with Gasteiger partial charge in [-0.1, -0.05) is 0 Å². The van der Waals surface area contributed by atoms with Gasteiger partial charge in [0.05, 0.1) is 6.20 Å². The number of carboxylic acids is 1. The largest absolute Gasteiger partial charge is 0.573 e. The summed E-state index contributed by atoms with van der Waals surface area (Å²) in [6.45, 7) is 0.619. The Morgan fingerprint density at radius 1 is 1.16 bits per heavy atom. The summed E-state index contributed by atoms with van der Waals surface area (Å²) in [5.74, 6) is -2.74. The number of halogens is 4. The molecule has 11 heteroatoms. The van der Waals surface area contributed by atoms with Crippen molar-refractivity contribution in [3.63, 3.8) is 0 Å². The summed E-state index contributed by atoms with van der Waals surface area (Å²) in [6.07, 6.45) is -2.90. The smallest absolute Gasteiger partial charge is 0.477 e. The number of benzene rings is 1. The summed E-state index contributed by atoms with van der Waals surface area (Å²) in [4.78, 5) is 32.0. The van der Waals surface area contributed by atoms with E-state index in [1.807, 2.05) is 0 Å². The van der Waals surface area contributed by atoms with Crippen molar-refractivity contribution in [1.29, 1.82) is 0 Å². The molecule has 168 valence electrons. The Kier molecular flexibility index (Phi) is 5.49. The van der Waals surface area contributed by atoms with E-state index < -0.39 is 23.9 Å². The molecule has 0 unspecified atom stereocenters. The fourth-order valence-corrected chi connectivity index (χ4v) is 3.95. The molecule has 1 amide bonds. The van der Waals surface area contributed by atoms with Crippen LogP contribution in [0.25, 0.3) is 11.0 Å². The van der Waals surface area contributed by atoms with Crippen LogP contribution in [0, 0.1) is 5.82 Å². The third kappa shape index (κ3) is 4.36. The number of carboxylic acid groups (broad SMARTS) is 1. The molecule has 0 radical (unpaired) electrons. The fourth-order valence-electron chi connectivity index (χ4n) is 3.95. The Morgan fingerprint density at radius 2 is 1.81 bits per heavy atom. The normalized spacial score (nSPS) is 15.2. The molecule has 3 heterocycles. The molecule has 0 spiro atoms. The van der Waals surface area contributed by atoms with E-state index in [9.17, 15) is 32.3 Å². The number of likely N-dealkylation sites (tertiary alicyclic amines) is 1. The molecule has 3 aromatic rings. The molecule has 1 aliphatic heterocycles. The lowest BCUT2D eigenvalue weighted by atomic mass is 9.87. The average molecular weight is 451 g/mol. The van der Waals surface area contributed by atoms with E-state index in [1.54, 1.807) is 4.90 Å². The zero-order valence-electron chi connectivity index (χ0n) is 16.4. The molecule has 2 N–H and O–H groups in total. The number of piperidine rings is 1. The highest BCUT2D eigenvalue weighted by Crippen LogP contribution is 2.35. The minimum Gasteiger partial charge on any atom is -0.477 e. The average Bonchev–Trinajstić information content (AvgIpc) is 3.17. The molecular formula is C21H17F4N3O4. The maximum Gasteiger partial charge on any atom is 0.573 e. The molecule has 0 aliphatic carbocycles. The summed E-state index contributed by atoms with van der Waals surface area (Å²) >= 11 is 0. The number of fused-ring (bicyclic) bond motifs is 1. The van der Waals surface area contributed by atoms with Crippen LogP contribution >= 0.6 is 0 Å². The third-order valence-electron chi connectivity index (χ3n) is 5.41. The number of aromatic nitrogens is 2. The number of aromatic amines is 1. The highest BCUT2D eigenvalue weighted by atomic mass is 19.4. The molecule has 0 bridgehead atoms. The van der Waals surface area contributed by atoms with E-state index in [0.717, 1.165) is 18.3 Å². The number of hydrogen-bond donors (Lipinski definition) is 2. The van der Waals surface area contributed by atoms with E-state index in [4.69, 9.17) is 0 Å². The Morgan fingerprint density at radius 3 is 2.41 bits per heavy atom. The van der Waals surface area contributed by atoms with Crippen molar-refractivity contribution in [2.24, 2.45) is 0 Å². The molecule has 1 aliphatic rings. The van der Waals surface area contributed by atoms with E-state index in [-0.39, 0.29) is 28.7 Å². The fraction of sp³-hybridized carbons (Fsp3) is 0.286. The van der Waals surface area contributed by atoms with Crippen LogP contribution in [0.2, 0.25) is 0 Å². The van der Waals surface area contributed by atoms with Crippen molar-refractivity contribution < 1.29 is 37.0 Å². The number of nitrogens with one attached hydrogen (secondary N) is 1. The predicted octanol–water partition coefficient (Wildman–Crippen LogP) is 4.32. The van der Waals surface area contributed by atoms with Gasteiger partial charge in [0.15, 0.2) is 0 Å². The van der Waals surface area contributed by atoms with Gasteiger partial charge in [0, 0.05) is 29.6 Å². The summed E-state index contributed by atoms with van der Waals surface area (Å²) in [6, 6.07) is 6.01. The van der Waals surface area contributed by atoms with E-state index in [2.05, 4.69) is 14.7 Å². The lowest BCUT2D eigenvalue weighted by Gasteiger charge is -2.32. The predicted molar refractivity (Wildman–Crippen MR) is 104 cm³/mol. The molecule has 4 rings (SSSR count). The van der Waals surface area contributed by atoms with Crippen LogP contribution in [-0.4, -0.2) is 51.3 Å². The lowest BCUT2D eigenvalue weighted by Crippen LogP contribution is -2.38. The molecule has 0 atom stereocenters. The van der Waals surface area contributed by atoms with Crippen molar-refractivity contribution in [3.05, 3.63) is 59.2 Å². The maximum absolute atomic E-state index is 14.6. The summed E-state index contributed by atoms with van der Waals surface area (Å²) < 4.78 is 55.2. The van der Waals surface area contributed by atoms with Crippen LogP contribution in [0.3, 0.4) is 0 Å². The van der Waals surface area contributed by atoms with Crippen LogP contribution in [0.15, 0.2) is 36.5 Å². The maximum atomic E-state index is 14.6. The number of H-pyrrole nitrogens is 1. The molecule has 1 saturated heterocycles. The number of aromatic carboxylic acids is 1. The molecule has 2 aromatic heterocycles. The van der Waals surface area contributed by atoms with E-state index in [0.29, 0.717) is 36.9 Å². The van der Waals surface area contributed by atoms with Gasteiger partial charge in [-0.25, -0.2) is 14.2 Å².